The second kappa shape index (κ2) is 9.20. The summed E-state index contributed by atoms with van der Waals surface area (Å²) in [5, 5.41) is 2.30. The molecule has 3 heterocycles. The van der Waals surface area contributed by atoms with E-state index in [9.17, 15) is 18.4 Å². The van der Waals surface area contributed by atoms with Gasteiger partial charge in [-0.1, -0.05) is 0 Å². The zero-order valence-electron chi connectivity index (χ0n) is 19.4. The molecule has 1 aliphatic heterocycles. The van der Waals surface area contributed by atoms with E-state index >= 15 is 8.78 Å². The molecule has 3 aromatic rings. The maximum Gasteiger partial charge on any atom is 0.409 e. The van der Waals surface area contributed by atoms with Crippen LogP contribution in [-0.4, -0.2) is 59.5 Å². The Hall–Kier alpha value is -3.63. The molecule has 2 amide bonds. The van der Waals surface area contributed by atoms with Crippen molar-refractivity contribution in [3.8, 4) is 11.3 Å². The van der Waals surface area contributed by atoms with Crippen LogP contribution in [0.15, 0.2) is 30.5 Å². The van der Waals surface area contributed by atoms with Gasteiger partial charge in [0.15, 0.2) is 0 Å². The van der Waals surface area contributed by atoms with E-state index in [1.54, 1.807) is 25.3 Å². The Morgan fingerprint density at radius 3 is 2.54 bits per heavy atom. The van der Waals surface area contributed by atoms with Gasteiger partial charge >= 0.3 is 6.09 Å². The van der Waals surface area contributed by atoms with Gasteiger partial charge in [-0.3, -0.25) is 4.79 Å². The third kappa shape index (κ3) is 4.54. The molecule has 2 aromatic heterocycles. The lowest BCUT2D eigenvalue weighted by atomic mass is 9.88. The summed E-state index contributed by atoms with van der Waals surface area (Å²) in [5.74, 6) is -7.23. The Balaban J connectivity index is 1.85. The number of pyridine rings is 1. The van der Waals surface area contributed by atoms with E-state index in [1.807, 2.05) is 0 Å². The van der Waals surface area contributed by atoms with Crippen LogP contribution in [-0.2, 0) is 11.2 Å². The summed E-state index contributed by atoms with van der Waals surface area (Å²) < 4.78 is 66.4. The number of methoxy groups -OCH3 is 1. The van der Waals surface area contributed by atoms with Crippen LogP contribution in [0.2, 0.25) is 0 Å². The lowest BCUT2D eigenvalue weighted by Gasteiger charge is -2.37. The van der Waals surface area contributed by atoms with Gasteiger partial charge in [0.05, 0.1) is 24.1 Å². The maximum atomic E-state index is 15.1. The summed E-state index contributed by atoms with van der Waals surface area (Å²) in [7, 11) is 2.50. The minimum atomic E-state index is -3.13. The van der Waals surface area contributed by atoms with Crippen LogP contribution in [0.5, 0.6) is 0 Å². The molecular formula is C24H24F4N4O3. The van der Waals surface area contributed by atoms with Crippen molar-refractivity contribution in [2.24, 2.45) is 5.92 Å². The number of nitrogens with one attached hydrogen (secondary N) is 1. The van der Waals surface area contributed by atoms with Crippen LogP contribution in [0.25, 0.3) is 16.9 Å². The van der Waals surface area contributed by atoms with Gasteiger partial charge in [-0.25, -0.2) is 27.3 Å². The SMILES string of the molecule is CNC(=O)c1cc(F)c(-c2nc3cc(C)ccn3c2C[C@H]2CN(C(=O)OC)CCC2(F)F)c(F)c1. The number of benzene rings is 1. The Morgan fingerprint density at radius 1 is 1.23 bits per heavy atom. The molecule has 7 nitrogen and oxygen atoms in total. The largest absolute Gasteiger partial charge is 0.453 e. The number of fused-ring (bicyclic) bond motifs is 1. The summed E-state index contributed by atoms with van der Waals surface area (Å²) in [6.07, 6.45) is 0.00313. The molecule has 0 radical (unpaired) electrons. The molecule has 0 spiro atoms. The van der Waals surface area contributed by atoms with E-state index < -0.39 is 47.5 Å². The Morgan fingerprint density at radius 2 is 1.91 bits per heavy atom. The number of carbonyl (C=O) groups excluding carboxylic acids is 2. The number of piperidine rings is 1. The third-order valence-corrected chi connectivity index (χ3v) is 6.27. The molecule has 186 valence electrons. The van der Waals surface area contributed by atoms with Gasteiger partial charge in [0.1, 0.15) is 17.3 Å². The van der Waals surface area contributed by atoms with Crippen LogP contribution < -0.4 is 5.32 Å². The number of ether oxygens (including phenoxy) is 1. The molecule has 1 fully saturated rings. The normalized spacial score (nSPS) is 17.5. The van der Waals surface area contributed by atoms with Crippen LogP contribution in [0.3, 0.4) is 0 Å². The molecule has 0 saturated carbocycles. The zero-order chi connectivity index (χ0) is 25.5. The highest BCUT2D eigenvalue weighted by Crippen LogP contribution is 2.39. The predicted octanol–water partition coefficient (Wildman–Crippen LogP) is 4.21. The van der Waals surface area contributed by atoms with Gasteiger partial charge in [-0.2, -0.15) is 0 Å². The number of imidazole rings is 1. The summed E-state index contributed by atoms with van der Waals surface area (Å²) in [6.45, 7) is 1.34. The molecule has 0 aliphatic carbocycles. The number of aromatic nitrogens is 2. The average molecular weight is 492 g/mol. The molecule has 1 aromatic carbocycles. The van der Waals surface area contributed by atoms with Crippen molar-refractivity contribution in [1.29, 1.82) is 0 Å². The summed E-state index contributed by atoms with van der Waals surface area (Å²) in [4.78, 5) is 29.4. The number of hydrogen-bond donors (Lipinski definition) is 1. The maximum absolute atomic E-state index is 15.1. The highest BCUT2D eigenvalue weighted by Gasteiger charge is 2.46. The van der Waals surface area contributed by atoms with Crippen LogP contribution in [0, 0.1) is 24.5 Å². The van der Waals surface area contributed by atoms with Crippen LogP contribution in [0.4, 0.5) is 22.4 Å². The van der Waals surface area contributed by atoms with Crippen molar-refractivity contribution in [3.05, 3.63) is 58.9 Å². The second-order valence-corrected chi connectivity index (χ2v) is 8.56. The lowest BCUT2D eigenvalue weighted by molar-refractivity contribution is -0.101. The molecule has 0 unspecified atom stereocenters. The van der Waals surface area contributed by atoms with E-state index in [0.717, 1.165) is 17.7 Å². The fourth-order valence-corrected chi connectivity index (χ4v) is 4.39. The monoisotopic (exact) mass is 492 g/mol. The molecular weight excluding hydrogens is 468 g/mol. The first-order valence-electron chi connectivity index (χ1n) is 11.0. The number of hydrogen-bond acceptors (Lipinski definition) is 4. The predicted molar refractivity (Wildman–Crippen MR) is 119 cm³/mol. The number of likely N-dealkylation sites (tertiary alicyclic amines) is 1. The minimum absolute atomic E-state index is 0.139. The van der Waals surface area contributed by atoms with E-state index in [0.29, 0.717) is 5.65 Å². The van der Waals surface area contributed by atoms with Gasteiger partial charge in [-0.05, 0) is 36.8 Å². The molecule has 1 saturated heterocycles. The Bertz CT molecular complexity index is 1280. The topological polar surface area (TPSA) is 75.9 Å². The minimum Gasteiger partial charge on any atom is -0.453 e. The number of alkyl halides is 2. The first-order valence-corrected chi connectivity index (χ1v) is 11.0. The number of rotatable bonds is 4. The number of halogens is 4. The molecule has 1 N–H and O–H groups in total. The second-order valence-electron chi connectivity index (χ2n) is 8.56. The third-order valence-electron chi connectivity index (χ3n) is 6.27. The first kappa shape index (κ1) is 24.5. The van der Waals surface area contributed by atoms with E-state index in [-0.39, 0.29) is 36.5 Å². The van der Waals surface area contributed by atoms with E-state index in [2.05, 4.69) is 15.0 Å². The smallest absolute Gasteiger partial charge is 0.409 e. The van der Waals surface area contributed by atoms with Crippen molar-refractivity contribution >= 4 is 17.6 Å². The van der Waals surface area contributed by atoms with Gasteiger partial charge in [0.25, 0.3) is 11.8 Å². The molecule has 11 heteroatoms. The van der Waals surface area contributed by atoms with Crippen molar-refractivity contribution in [3.63, 3.8) is 0 Å². The lowest BCUT2D eigenvalue weighted by Crippen LogP contribution is -2.50. The quantitative estimate of drug-likeness (QED) is 0.554. The van der Waals surface area contributed by atoms with Gasteiger partial charge in [-0.15, -0.1) is 0 Å². The number of amides is 2. The average Bonchev–Trinajstić information content (AvgIpc) is 3.15. The van der Waals surface area contributed by atoms with Crippen molar-refractivity contribution < 1.29 is 31.9 Å². The van der Waals surface area contributed by atoms with E-state index in [4.69, 9.17) is 0 Å². The number of carbonyl (C=O) groups is 2. The fourth-order valence-electron chi connectivity index (χ4n) is 4.39. The summed E-state index contributed by atoms with van der Waals surface area (Å²) >= 11 is 0. The van der Waals surface area contributed by atoms with Crippen molar-refractivity contribution in [2.75, 3.05) is 27.2 Å². The zero-order valence-corrected chi connectivity index (χ0v) is 19.4. The van der Waals surface area contributed by atoms with E-state index in [1.165, 1.54) is 23.5 Å². The van der Waals surface area contributed by atoms with Crippen LogP contribution >= 0.6 is 0 Å². The molecule has 35 heavy (non-hydrogen) atoms. The highest BCUT2D eigenvalue weighted by molar-refractivity contribution is 5.94. The fraction of sp³-hybridized carbons (Fsp3) is 0.375. The summed E-state index contributed by atoms with van der Waals surface area (Å²) in [6, 6.07) is 5.15. The molecule has 1 atom stereocenters. The standard InChI is InChI=1S/C24H24F4N4O3/c1-13-4-6-32-18(11-15-12-31(23(34)35-3)7-5-24(15,27)28)21(30-19(32)8-13)20-16(25)9-14(10-17(20)26)22(33)29-2/h4,6,8-10,15H,5,7,11-12H2,1-3H3,(H,29,33)/t15-/m0/s1. The van der Waals surface area contributed by atoms with Gasteiger partial charge < -0.3 is 19.4 Å². The Kier molecular flexibility index (Phi) is 6.44. The Labute approximate surface area is 198 Å². The first-order chi connectivity index (χ1) is 16.6. The van der Waals surface area contributed by atoms with Crippen molar-refractivity contribution in [2.45, 2.75) is 25.7 Å². The van der Waals surface area contributed by atoms with Gasteiger partial charge in [0, 0.05) is 50.7 Å². The number of nitrogens with zero attached hydrogens (tertiary/aromatic N) is 3. The number of aryl methyl sites for hydroxylation is 1. The summed E-state index contributed by atoms with van der Waals surface area (Å²) in [5.41, 5.74) is 0.435. The molecule has 0 bridgehead atoms. The van der Waals surface area contributed by atoms with Gasteiger partial charge in [0.2, 0.25) is 0 Å². The molecule has 4 rings (SSSR count). The highest BCUT2D eigenvalue weighted by atomic mass is 19.3. The van der Waals surface area contributed by atoms with Crippen molar-refractivity contribution in [1.82, 2.24) is 19.6 Å². The molecule has 1 aliphatic rings. The van der Waals surface area contributed by atoms with Crippen LogP contribution in [0.1, 0.15) is 28.0 Å².